The molecule has 3 aromatic rings. The highest BCUT2D eigenvalue weighted by atomic mass is 79.9. The normalized spacial score (nSPS) is 10.7. The maximum atomic E-state index is 12.0. The summed E-state index contributed by atoms with van der Waals surface area (Å²) in [6.45, 7) is 1.74. The molecule has 0 bridgehead atoms. The number of benzene rings is 1. The summed E-state index contributed by atoms with van der Waals surface area (Å²) < 4.78 is 0.887. The van der Waals surface area contributed by atoms with E-state index in [1.54, 1.807) is 19.2 Å². The van der Waals surface area contributed by atoms with Crippen LogP contribution >= 0.6 is 15.9 Å². The molecule has 2 heterocycles. The number of hydrogen-bond acceptors (Lipinski definition) is 4. The van der Waals surface area contributed by atoms with E-state index in [2.05, 4.69) is 41.4 Å². The molecule has 100 valence electrons. The number of amides is 1. The first-order valence-electron chi connectivity index (χ1n) is 5.88. The van der Waals surface area contributed by atoms with Crippen LogP contribution in [0.5, 0.6) is 0 Å². The molecule has 0 atom stereocenters. The van der Waals surface area contributed by atoms with Crippen molar-refractivity contribution in [2.24, 2.45) is 0 Å². The largest absolute Gasteiger partial charge is 0.317 e. The number of para-hydroxylation sites is 1. The van der Waals surface area contributed by atoms with Crippen LogP contribution in [-0.2, 0) is 0 Å². The number of carbonyl (C=O) groups is 1. The standard InChI is InChI=1S/C13H10BrN5O/c1-7-16-12(19-18-7)13(20)17-10-4-2-3-8-5-9(14)6-15-11(8)10/h2-6H,1H3,(H,17,20)(H,16,18,19). The molecule has 20 heavy (non-hydrogen) atoms. The van der Waals surface area contributed by atoms with Crippen LogP contribution in [0.15, 0.2) is 34.9 Å². The Bertz CT molecular complexity index is 798. The predicted molar refractivity (Wildman–Crippen MR) is 78.5 cm³/mol. The van der Waals surface area contributed by atoms with E-state index >= 15 is 0 Å². The van der Waals surface area contributed by atoms with Crippen molar-refractivity contribution in [3.05, 3.63) is 46.6 Å². The number of aromatic nitrogens is 4. The van der Waals surface area contributed by atoms with Gasteiger partial charge >= 0.3 is 0 Å². The lowest BCUT2D eigenvalue weighted by Crippen LogP contribution is -2.14. The molecular formula is C13H10BrN5O. The van der Waals surface area contributed by atoms with Gasteiger partial charge in [0.15, 0.2) is 0 Å². The summed E-state index contributed by atoms with van der Waals surface area (Å²) in [6.07, 6.45) is 1.69. The van der Waals surface area contributed by atoms with Gasteiger partial charge in [-0.1, -0.05) is 12.1 Å². The molecule has 0 aliphatic carbocycles. The van der Waals surface area contributed by atoms with Gasteiger partial charge in [-0.25, -0.2) is 4.98 Å². The number of carbonyl (C=O) groups excluding carboxylic acids is 1. The molecule has 0 unspecified atom stereocenters. The van der Waals surface area contributed by atoms with Gasteiger partial charge in [0.05, 0.1) is 11.2 Å². The Kier molecular flexibility index (Phi) is 3.19. The van der Waals surface area contributed by atoms with Gasteiger partial charge in [0.25, 0.3) is 5.91 Å². The highest BCUT2D eigenvalue weighted by molar-refractivity contribution is 9.10. The van der Waals surface area contributed by atoms with Crippen LogP contribution in [0.3, 0.4) is 0 Å². The molecule has 0 aliphatic rings. The monoisotopic (exact) mass is 331 g/mol. The van der Waals surface area contributed by atoms with E-state index in [0.717, 1.165) is 15.4 Å². The van der Waals surface area contributed by atoms with Crippen molar-refractivity contribution < 1.29 is 4.79 Å². The third kappa shape index (κ3) is 2.39. The minimum absolute atomic E-state index is 0.108. The van der Waals surface area contributed by atoms with Crippen molar-refractivity contribution in [1.82, 2.24) is 20.2 Å². The average molecular weight is 332 g/mol. The molecule has 1 amide bonds. The average Bonchev–Trinajstić information content (AvgIpc) is 2.85. The SMILES string of the molecule is Cc1nc(C(=O)Nc2cccc3cc(Br)cnc23)n[nH]1. The molecule has 0 aliphatic heterocycles. The Labute approximate surface area is 122 Å². The minimum atomic E-state index is -0.369. The van der Waals surface area contributed by atoms with Crippen molar-refractivity contribution in [2.75, 3.05) is 5.32 Å². The van der Waals surface area contributed by atoms with Crippen molar-refractivity contribution in [3.8, 4) is 0 Å². The first kappa shape index (κ1) is 12.7. The van der Waals surface area contributed by atoms with Gasteiger partial charge in [-0.05, 0) is 35.0 Å². The summed E-state index contributed by atoms with van der Waals surface area (Å²) in [5.41, 5.74) is 1.35. The third-order valence-corrected chi connectivity index (χ3v) is 3.16. The number of halogens is 1. The molecule has 7 heteroatoms. The molecular weight excluding hydrogens is 322 g/mol. The van der Waals surface area contributed by atoms with Gasteiger partial charge in [0.1, 0.15) is 5.82 Å². The lowest BCUT2D eigenvalue weighted by atomic mass is 10.2. The molecule has 3 rings (SSSR count). The zero-order valence-electron chi connectivity index (χ0n) is 10.5. The van der Waals surface area contributed by atoms with E-state index in [9.17, 15) is 4.79 Å². The summed E-state index contributed by atoms with van der Waals surface area (Å²) in [5, 5.41) is 10.2. The van der Waals surface area contributed by atoms with Crippen molar-refractivity contribution in [3.63, 3.8) is 0 Å². The van der Waals surface area contributed by atoms with Crippen molar-refractivity contribution in [2.45, 2.75) is 6.92 Å². The van der Waals surface area contributed by atoms with Gasteiger partial charge < -0.3 is 5.32 Å². The Morgan fingerprint density at radius 2 is 2.25 bits per heavy atom. The molecule has 0 radical (unpaired) electrons. The van der Waals surface area contributed by atoms with E-state index in [1.807, 2.05) is 18.2 Å². The summed E-state index contributed by atoms with van der Waals surface area (Å²) in [7, 11) is 0. The number of nitrogens with one attached hydrogen (secondary N) is 2. The second-order valence-corrected chi connectivity index (χ2v) is 5.15. The number of anilines is 1. The smallest absolute Gasteiger partial charge is 0.295 e. The van der Waals surface area contributed by atoms with Crippen LogP contribution < -0.4 is 5.32 Å². The predicted octanol–water partition coefficient (Wildman–Crippen LogP) is 2.68. The van der Waals surface area contributed by atoms with Gasteiger partial charge in [-0.3, -0.25) is 14.9 Å². The van der Waals surface area contributed by atoms with Crippen molar-refractivity contribution in [1.29, 1.82) is 0 Å². The van der Waals surface area contributed by atoms with Crippen LogP contribution in [0.25, 0.3) is 10.9 Å². The fraction of sp³-hybridized carbons (Fsp3) is 0.0769. The maximum absolute atomic E-state index is 12.0. The number of rotatable bonds is 2. The Hall–Kier alpha value is -2.28. The molecule has 1 aromatic carbocycles. The number of fused-ring (bicyclic) bond motifs is 1. The van der Waals surface area contributed by atoms with E-state index < -0.39 is 0 Å². The Balaban J connectivity index is 1.97. The summed E-state index contributed by atoms with van der Waals surface area (Å²) in [5.74, 6) is 0.332. The van der Waals surface area contributed by atoms with E-state index in [-0.39, 0.29) is 11.7 Å². The van der Waals surface area contributed by atoms with E-state index in [0.29, 0.717) is 11.5 Å². The Morgan fingerprint density at radius 3 is 3.00 bits per heavy atom. The summed E-state index contributed by atoms with van der Waals surface area (Å²) in [6, 6.07) is 7.52. The third-order valence-electron chi connectivity index (χ3n) is 2.73. The van der Waals surface area contributed by atoms with E-state index in [1.165, 1.54) is 0 Å². The topological polar surface area (TPSA) is 83.6 Å². The zero-order valence-corrected chi connectivity index (χ0v) is 12.1. The minimum Gasteiger partial charge on any atom is -0.317 e. The fourth-order valence-corrected chi connectivity index (χ4v) is 2.21. The number of pyridine rings is 1. The van der Waals surface area contributed by atoms with Crippen molar-refractivity contribution >= 4 is 38.4 Å². The number of nitrogens with zero attached hydrogens (tertiary/aromatic N) is 3. The molecule has 6 nitrogen and oxygen atoms in total. The van der Waals surface area contributed by atoms with Crippen LogP contribution in [-0.4, -0.2) is 26.1 Å². The quantitative estimate of drug-likeness (QED) is 0.756. The molecule has 2 N–H and O–H groups in total. The van der Waals surface area contributed by atoms with E-state index in [4.69, 9.17) is 0 Å². The zero-order chi connectivity index (χ0) is 14.1. The molecule has 0 saturated heterocycles. The lowest BCUT2D eigenvalue weighted by molar-refractivity contribution is 0.101. The van der Waals surface area contributed by atoms with Gasteiger partial charge in [0.2, 0.25) is 5.82 Å². The maximum Gasteiger partial charge on any atom is 0.295 e. The first-order chi connectivity index (χ1) is 9.63. The fourth-order valence-electron chi connectivity index (χ4n) is 1.86. The first-order valence-corrected chi connectivity index (χ1v) is 6.67. The van der Waals surface area contributed by atoms with Crippen LogP contribution in [0.4, 0.5) is 5.69 Å². The molecule has 0 saturated carbocycles. The summed E-state index contributed by atoms with van der Waals surface area (Å²) in [4.78, 5) is 20.4. The van der Waals surface area contributed by atoms with Gasteiger partial charge in [-0.2, -0.15) is 0 Å². The van der Waals surface area contributed by atoms with Crippen LogP contribution in [0.2, 0.25) is 0 Å². The van der Waals surface area contributed by atoms with Gasteiger partial charge in [-0.15, -0.1) is 5.10 Å². The molecule has 0 fully saturated rings. The Morgan fingerprint density at radius 1 is 1.40 bits per heavy atom. The second-order valence-electron chi connectivity index (χ2n) is 4.23. The molecule has 0 spiro atoms. The van der Waals surface area contributed by atoms with Crippen LogP contribution in [0, 0.1) is 6.92 Å². The lowest BCUT2D eigenvalue weighted by Gasteiger charge is -2.06. The molecule has 2 aromatic heterocycles. The number of aromatic amines is 1. The highest BCUT2D eigenvalue weighted by Gasteiger charge is 2.13. The summed E-state index contributed by atoms with van der Waals surface area (Å²) >= 11 is 3.37. The highest BCUT2D eigenvalue weighted by Crippen LogP contribution is 2.24. The van der Waals surface area contributed by atoms with Crippen LogP contribution in [0.1, 0.15) is 16.4 Å². The number of hydrogen-bond donors (Lipinski definition) is 2. The number of aryl methyl sites for hydroxylation is 1. The second kappa shape index (κ2) is 5.01. The number of H-pyrrole nitrogens is 1. The van der Waals surface area contributed by atoms with Gasteiger partial charge in [0, 0.05) is 16.1 Å².